The van der Waals surface area contributed by atoms with Crippen molar-refractivity contribution in [3.8, 4) is 0 Å². The molecular weight excluding hydrogens is 206 g/mol. The number of hydrogen-bond acceptors (Lipinski definition) is 1. The van der Waals surface area contributed by atoms with Crippen LogP contribution in [0, 0.1) is 11.3 Å². The van der Waals surface area contributed by atoms with Crippen LogP contribution in [0.1, 0.15) is 78.1 Å². The van der Waals surface area contributed by atoms with Gasteiger partial charge < -0.3 is 5.32 Å². The standard InChI is InChI=1S/C16H31N/c1-16(2)11-9-15(10-12-16)17-13-14-7-5-3-4-6-8-14/h14-15,17H,3-13H2,1-2H3. The van der Waals surface area contributed by atoms with Gasteiger partial charge in [-0.1, -0.05) is 39.5 Å². The molecule has 100 valence electrons. The molecular formula is C16H31N. The molecule has 0 radical (unpaired) electrons. The van der Waals surface area contributed by atoms with Crippen molar-refractivity contribution in [1.82, 2.24) is 5.32 Å². The third-order valence-corrected chi connectivity index (χ3v) is 5.01. The van der Waals surface area contributed by atoms with Crippen LogP contribution in [-0.2, 0) is 0 Å². The van der Waals surface area contributed by atoms with Crippen LogP contribution in [0.3, 0.4) is 0 Å². The average molecular weight is 237 g/mol. The highest BCUT2D eigenvalue weighted by molar-refractivity contribution is 4.82. The van der Waals surface area contributed by atoms with Gasteiger partial charge in [0, 0.05) is 6.04 Å². The lowest BCUT2D eigenvalue weighted by molar-refractivity contribution is 0.201. The van der Waals surface area contributed by atoms with Gasteiger partial charge in [0.2, 0.25) is 0 Å². The smallest absolute Gasteiger partial charge is 0.00675 e. The Morgan fingerprint density at radius 3 is 2.06 bits per heavy atom. The second-order valence-corrected chi connectivity index (χ2v) is 7.20. The first-order valence-electron chi connectivity index (χ1n) is 7.89. The quantitative estimate of drug-likeness (QED) is 0.712. The Labute approximate surface area is 108 Å². The van der Waals surface area contributed by atoms with E-state index < -0.39 is 0 Å². The summed E-state index contributed by atoms with van der Waals surface area (Å²) in [6, 6.07) is 0.825. The molecule has 0 aromatic heterocycles. The topological polar surface area (TPSA) is 12.0 Å². The fraction of sp³-hybridized carbons (Fsp3) is 1.00. The molecule has 0 heterocycles. The monoisotopic (exact) mass is 237 g/mol. The van der Waals surface area contributed by atoms with Crippen LogP contribution in [0.2, 0.25) is 0 Å². The minimum Gasteiger partial charge on any atom is -0.314 e. The fourth-order valence-electron chi connectivity index (χ4n) is 3.50. The zero-order chi connectivity index (χ0) is 12.1. The van der Waals surface area contributed by atoms with Crippen LogP contribution in [0.5, 0.6) is 0 Å². The molecule has 2 fully saturated rings. The van der Waals surface area contributed by atoms with Crippen LogP contribution in [0.15, 0.2) is 0 Å². The van der Waals surface area contributed by atoms with Gasteiger partial charge in [-0.15, -0.1) is 0 Å². The maximum atomic E-state index is 3.86. The summed E-state index contributed by atoms with van der Waals surface area (Å²) in [7, 11) is 0. The summed E-state index contributed by atoms with van der Waals surface area (Å²) in [5, 5.41) is 3.86. The van der Waals surface area contributed by atoms with Crippen LogP contribution in [-0.4, -0.2) is 12.6 Å². The molecule has 0 saturated heterocycles. The van der Waals surface area contributed by atoms with Gasteiger partial charge in [-0.3, -0.25) is 0 Å². The second kappa shape index (κ2) is 6.22. The van der Waals surface area contributed by atoms with Gasteiger partial charge in [0.05, 0.1) is 0 Å². The number of rotatable bonds is 3. The van der Waals surface area contributed by atoms with E-state index in [4.69, 9.17) is 0 Å². The SMILES string of the molecule is CC1(C)CCC(NCC2CCCCCC2)CC1. The molecule has 1 N–H and O–H groups in total. The molecule has 1 nitrogen and oxygen atoms in total. The summed E-state index contributed by atoms with van der Waals surface area (Å²) >= 11 is 0. The number of nitrogens with one attached hydrogen (secondary N) is 1. The van der Waals surface area contributed by atoms with E-state index in [0.717, 1.165) is 12.0 Å². The summed E-state index contributed by atoms with van der Waals surface area (Å²) in [5.74, 6) is 0.979. The molecule has 0 aromatic rings. The Hall–Kier alpha value is -0.0400. The minimum atomic E-state index is 0.612. The fourth-order valence-corrected chi connectivity index (χ4v) is 3.50. The molecule has 2 rings (SSSR count). The molecule has 0 aliphatic heterocycles. The van der Waals surface area contributed by atoms with E-state index in [1.54, 1.807) is 0 Å². The lowest BCUT2D eigenvalue weighted by Crippen LogP contribution is -2.38. The van der Waals surface area contributed by atoms with E-state index in [9.17, 15) is 0 Å². The molecule has 0 amide bonds. The van der Waals surface area contributed by atoms with E-state index in [-0.39, 0.29) is 0 Å². The van der Waals surface area contributed by atoms with Crippen molar-refractivity contribution in [2.24, 2.45) is 11.3 Å². The predicted octanol–water partition coefficient (Wildman–Crippen LogP) is 4.52. The Kier molecular flexibility index (Phi) is 4.90. The highest BCUT2D eigenvalue weighted by Gasteiger charge is 2.26. The van der Waals surface area contributed by atoms with E-state index in [2.05, 4.69) is 19.2 Å². The van der Waals surface area contributed by atoms with Gasteiger partial charge in [-0.2, -0.15) is 0 Å². The molecule has 0 atom stereocenters. The van der Waals surface area contributed by atoms with Crippen molar-refractivity contribution in [3.63, 3.8) is 0 Å². The molecule has 0 aromatic carbocycles. The maximum Gasteiger partial charge on any atom is 0.00675 e. The first-order chi connectivity index (χ1) is 8.16. The average Bonchev–Trinajstić information content (AvgIpc) is 2.56. The van der Waals surface area contributed by atoms with Crippen LogP contribution < -0.4 is 5.32 Å². The van der Waals surface area contributed by atoms with Crippen molar-refractivity contribution in [3.05, 3.63) is 0 Å². The summed E-state index contributed by atoms with van der Waals surface area (Å²) in [6.07, 6.45) is 14.5. The van der Waals surface area contributed by atoms with Crippen molar-refractivity contribution in [1.29, 1.82) is 0 Å². The van der Waals surface area contributed by atoms with E-state index in [1.165, 1.54) is 70.8 Å². The summed E-state index contributed by atoms with van der Waals surface area (Å²) < 4.78 is 0. The molecule has 2 aliphatic carbocycles. The van der Waals surface area contributed by atoms with Crippen LogP contribution >= 0.6 is 0 Å². The third kappa shape index (κ3) is 4.62. The first kappa shape index (κ1) is 13.4. The number of hydrogen-bond donors (Lipinski definition) is 1. The van der Waals surface area contributed by atoms with Gasteiger partial charge in [0.25, 0.3) is 0 Å². The normalized spacial score (nSPS) is 27.9. The Balaban J connectivity index is 1.64. The van der Waals surface area contributed by atoms with E-state index in [0.29, 0.717) is 5.41 Å². The summed E-state index contributed by atoms with van der Waals surface area (Å²) in [5.41, 5.74) is 0.612. The molecule has 0 bridgehead atoms. The lowest BCUT2D eigenvalue weighted by atomic mass is 9.75. The summed E-state index contributed by atoms with van der Waals surface area (Å²) in [4.78, 5) is 0. The molecule has 17 heavy (non-hydrogen) atoms. The van der Waals surface area contributed by atoms with Crippen molar-refractivity contribution >= 4 is 0 Å². The van der Waals surface area contributed by atoms with E-state index >= 15 is 0 Å². The zero-order valence-electron chi connectivity index (χ0n) is 11.9. The Bertz CT molecular complexity index is 204. The van der Waals surface area contributed by atoms with Gasteiger partial charge in [-0.05, 0) is 56.4 Å². The second-order valence-electron chi connectivity index (χ2n) is 7.20. The van der Waals surface area contributed by atoms with Gasteiger partial charge >= 0.3 is 0 Å². The predicted molar refractivity (Wildman–Crippen MR) is 75.2 cm³/mol. The molecule has 1 heteroatoms. The van der Waals surface area contributed by atoms with Gasteiger partial charge in [0.15, 0.2) is 0 Å². The minimum absolute atomic E-state index is 0.612. The van der Waals surface area contributed by atoms with Crippen molar-refractivity contribution in [2.75, 3.05) is 6.54 Å². The highest BCUT2D eigenvalue weighted by atomic mass is 14.9. The maximum absolute atomic E-state index is 3.86. The van der Waals surface area contributed by atoms with Gasteiger partial charge in [0.1, 0.15) is 0 Å². The van der Waals surface area contributed by atoms with Crippen molar-refractivity contribution < 1.29 is 0 Å². The Morgan fingerprint density at radius 2 is 1.47 bits per heavy atom. The van der Waals surface area contributed by atoms with Crippen LogP contribution in [0.25, 0.3) is 0 Å². The van der Waals surface area contributed by atoms with Gasteiger partial charge in [-0.25, -0.2) is 0 Å². The van der Waals surface area contributed by atoms with E-state index in [1.807, 2.05) is 0 Å². The lowest BCUT2D eigenvalue weighted by Gasteiger charge is -2.35. The first-order valence-corrected chi connectivity index (χ1v) is 7.89. The van der Waals surface area contributed by atoms with Crippen molar-refractivity contribution in [2.45, 2.75) is 84.1 Å². The zero-order valence-corrected chi connectivity index (χ0v) is 11.9. The molecule has 2 aliphatic rings. The molecule has 2 saturated carbocycles. The molecule has 0 spiro atoms. The molecule has 0 unspecified atom stereocenters. The Morgan fingerprint density at radius 1 is 0.882 bits per heavy atom. The summed E-state index contributed by atoms with van der Waals surface area (Å²) in [6.45, 7) is 6.15. The highest BCUT2D eigenvalue weighted by Crippen LogP contribution is 2.35. The largest absolute Gasteiger partial charge is 0.314 e. The van der Waals surface area contributed by atoms with Crippen LogP contribution in [0.4, 0.5) is 0 Å². The third-order valence-electron chi connectivity index (χ3n) is 5.01.